The molecular formula is C17H11F3N6O. The van der Waals surface area contributed by atoms with Crippen molar-refractivity contribution in [1.29, 1.82) is 0 Å². The fourth-order valence-corrected chi connectivity index (χ4v) is 2.75. The highest BCUT2D eigenvalue weighted by molar-refractivity contribution is 5.92. The Labute approximate surface area is 149 Å². The maximum absolute atomic E-state index is 12.9. The molecule has 0 aliphatic heterocycles. The van der Waals surface area contributed by atoms with Crippen molar-refractivity contribution < 1.29 is 18.0 Å². The van der Waals surface area contributed by atoms with E-state index in [1.165, 1.54) is 28.9 Å². The number of nitrogens with one attached hydrogen (secondary N) is 1. The first-order valence-corrected chi connectivity index (χ1v) is 7.70. The summed E-state index contributed by atoms with van der Waals surface area (Å²) in [7, 11) is 0. The molecule has 0 fully saturated rings. The van der Waals surface area contributed by atoms with Gasteiger partial charge in [0.25, 0.3) is 5.91 Å². The lowest BCUT2D eigenvalue weighted by Gasteiger charge is -2.08. The third-order valence-corrected chi connectivity index (χ3v) is 4.00. The van der Waals surface area contributed by atoms with E-state index in [1.54, 1.807) is 18.3 Å². The molecule has 0 aromatic carbocycles. The minimum absolute atomic E-state index is 0.0955. The smallest absolute Gasteiger partial charge is 0.364 e. The second kappa shape index (κ2) is 5.94. The lowest BCUT2D eigenvalue weighted by atomic mass is 10.1. The average Bonchev–Trinajstić information content (AvgIpc) is 3.27. The minimum Gasteiger partial charge on any atom is -0.364 e. The van der Waals surface area contributed by atoms with Crippen LogP contribution in [0.3, 0.4) is 0 Å². The van der Waals surface area contributed by atoms with Crippen molar-refractivity contribution in [1.82, 2.24) is 24.6 Å². The van der Waals surface area contributed by atoms with Gasteiger partial charge in [0.1, 0.15) is 17.0 Å². The van der Waals surface area contributed by atoms with Gasteiger partial charge >= 0.3 is 6.18 Å². The van der Waals surface area contributed by atoms with Gasteiger partial charge in [-0.25, -0.2) is 9.97 Å². The third kappa shape index (κ3) is 2.90. The Morgan fingerprint density at radius 2 is 1.96 bits per heavy atom. The second-order valence-corrected chi connectivity index (χ2v) is 5.72. The molecule has 27 heavy (non-hydrogen) atoms. The van der Waals surface area contributed by atoms with Gasteiger partial charge < -0.3 is 5.73 Å². The Kier molecular flexibility index (Phi) is 3.69. The van der Waals surface area contributed by atoms with Gasteiger partial charge in [0.05, 0.1) is 23.8 Å². The van der Waals surface area contributed by atoms with E-state index in [2.05, 4.69) is 20.2 Å². The number of nitrogens with two attached hydrogens (primary N) is 1. The number of fused-ring (bicyclic) bond motifs is 1. The largest absolute Gasteiger partial charge is 0.433 e. The molecule has 3 N–H and O–H groups in total. The highest BCUT2D eigenvalue weighted by Gasteiger charge is 2.32. The number of primary amides is 1. The molecule has 0 saturated heterocycles. The SMILES string of the molecule is NC(=O)c1cnc2ccc(-c3cn[nH]c3-c3cccc(C(F)(F)F)n3)cn12. The number of hydrogen-bond donors (Lipinski definition) is 2. The lowest BCUT2D eigenvalue weighted by Crippen LogP contribution is -2.13. The quantitative estimate of drug-likeness (QED) is 0.577. The van der Waals surface area contributed by atoms with Crippen LogP contribution in [0.25, 0.3) is 28.2 Å². The van der Waals surface area contributed by atoms with E-state index in [0.29, 0.717) is 22.5 Å². The summed E-state index contributed by atoms with van der Waals surface area (Å²) in [6.45, 7) is 0. The van der Waals surface area contributed by atoms with Crippen molar-refractivity contribution in [2.75, 3.05) is 0 Å². The Morgan fingerprint density at radius 3 is 2.70 bits per heavy atom. The summed E-state index contributed by atoms with van der Waals surface area (Å²) in [5, 5.41) is 6.61. The Hall–Kier alpha value is -3.69. The molecule has 0 unspecified atom stereocenters. The molecule has 0 atom stereocenters. The number of rotatable bonds is 3. The molecule has 7 nitrogen and oxygen atoms in total. The summed E-state index contributed by atoms with van der Waals surface area (Å²) in [6.07, 6.45) is -0.113. The molecule has 1 amide bonds. The zero-order chi connectivity index (χ0) is 19.2. The van der Waals surface area contributed by atoms with E-state index in [1.807, 2.05) is 0 Å². The van der Waals surface area contributed by atoms with Crippen LogP contribution in [-0.4, -0.2) is 30.5 Å². The fraction of sp³-hybridized carbons (Fsp3) is 0.0588. The van der Waals surface area contributed by atoms with Crippen molar-refractivity contribution in [3.63, 3.8) is 0 Å². The van der Waals surface area contributed by atoms with Gasteiger partial charge in [0.15, 0.2) is 0 Å². The molecule has 0 saturated carbocycles. The van der Waals surface area contributed by atoms with Gasteiger partial charge in [-0.3, -0.25) is 14.3 Å². The van der Waals surface area contributed by atoms with Crippen molar-refractivity contribution in [2.24, 2.45) is 5.73 Å². The molecule has 4 heterocycles. The zero-order valence-corrected chi connectivity index (χ0v) is 13.5. The number of amides is 1. The molecular weight excluding hydrogens is 361 g/mol. The minimum atomic E-state index is -4.55. The normalized spacial score (nSPS) is 11.8. The summed E-state index contributed by atoms with van der Waals surface area (Å²) >= 11 is 0. The number of aromatic nitrogens is 5. The van der Waals surface area contributed by atoms with E-state index in [9.17, 15) is 18.0 Å². The molecule has 0 aliphatic carbocycles. The summed E-state index contributed by atoms with van der Waals surface area (Å²) in [5.74, 6) is -0.647. The first kappa shape index (κ1) is 16.8. The van der Waals surface area contributed by atoms with Gasteiger partial charge in [-0.05, 0) is 24.3 Å². The monoisotopic (exact) mass is 372 g/mol. The van der Waals surface area contributed by atoms with Crippen LogP contribution in [0.15, 0.2) is 48.9 Å². The van der Waals surface area contributed by atoms with Crippen LogP contribution in [0.5, 0.6) is 0 Å². The fourth-order valence-electron chi connectivity index (χ4n) is 2.75. The average molecular weight is 372 g/mol. The van der Waals surface area contributed by atoms with Crippen LogP contribution in [0.4, 0.5) is 13.2 Å². The molecule has 4 aromatic heterocycles. The number of carbonyl (C=O) groups is 1. The van der Waals surface area contributed by atoms with Gasteiger partial charge in [-0.15, -0.1) is 0 Å². The van der Waals surface area contributed by atoms with E-state index in [4.69, 9.17) is 5.73 Å². The summed E-state index contributed by atoms with van der Waals surface area (Å²) in [6, 6.07) is 7.01. The first-order valence-electron chi connectivity index (χ1n) is 7.70. The van der Waals surface area contributed by atoms with Crippen LogP contribution < -0.4 is 5.73 Å². The number of alkyl halides is 3. The number of H-pyrrole nitrogens is 1. The van der Waals surface area contributed by atoms with E-state index < -0.39 is 17.8 Å². The first-order chi connectivity index (χ1) is 12.8. The molecule has 4 aromatic rings. The van der Waals surface area contributed by atoms with Crippen LogP contribution in [0.1, 0.15) is 16.2 Å². The highest BCUT2D eigenvalue weighted by atomic mass is 19.4. The maximum atomic E-state index is 12.9. The van der Waals surface area contributed by atoms with E-state index in [0.717, 1.165) is 6.07 Å². The predicted octanol–water partition coefficient (Wildman–Crippen LogP) is 2.90. The molecule has 0 radical (unpaired) electrons. The molecule has 0 bridgehead atoms. The van der Waals surface area contributed by atoms with Gasteiger partial charge in [0, 0.05) is 17.3 Å². The van der Waals surface area contributed by atoms with Crippen molar-refractivity contribution >= 4 is 11.6 Å². The highest BCUT2D eigenvalue weighted by Crippen LogP contribution is 2.32. The number of pyridine rings is 2. The number of imidazole rings is 1. The number of nitrogens with zero attached hydrogens (tertiary/aromatic N) is 4. The van der Waals surface area contributed by atoms with E-state index >= 15 is 0 Å². The Morgan fingerprint density at radius 1 is 1.15 bits per heavy atom. The van der Waals surface area contributed by atoms with Gasteiger partial charge in [0.2, 0.25) is 0 Å². The zero-order valence-electron chi connectivity index (χ0n) is 13.5. The Bertz CT molecular complexity index is 1160. The standard InChI is InChI=1S/C17H11F3N6O/c18-17(19,20)13-3-1-2-11(24-13)15-10(6-23-25-15)9-4-5-14-22-7-12(16(21)27)26(14)8-9/h1-8H,(H2,21,27)(H,23,25). The molecule has 136 valence electrons. The van der Waals surface area contributed by atoms with Crippen LogP contribution in [0, 0.1) is 0 Å². The summed E-state index contributed by atoms with van der Waals surface area (Å²) < 4.78 is 40.4. The van der Waals surface area contributed by atoms with Crippen LogP contribution in [-0.2, 0) is 6.18 Å². The van der Waals surface area contributed by atoms with Crippen molar-refractivity contribution in [3.8, 4) is 22.5 Å². The van der Waals surface area contributed by atoms with Crippen LogP contribution in [0.2, 0.25) is 0 Å². The molecule has 0 spiro atoms. The number of halogens is 3. The van der Waals surface area contributed by atoms with Crippen molar-refractivity contribution in [3.05, 3.63) is 60.3 Å². The van der Waals surface area contributed by atoms with Crippen LogP contribution >= 0.6 is 0 Å². The molecule has 10 heteroatoms. The molecule has 4 rings (SSSR count). The molecule has 0 aliphatic rings. The number of aromatic amines is 1. The predicted molar refractivity (Wildman–Crippen MR) is 89.5 cm³/mol. The summed E-state index contributed by atoms with van der Waals surface area (Å²) in [4.78, 5) is 19.3. The summed E-state index contributed by atoms with van der Waals surface area (Å²) in [5.41, 5.74) is 6.58. The second-order valence-electron chi connectivity index (χ2n) is 5.72. The number of carbonyl (C=O) groups excluding carboxylic acids is 1. The number of hydrogen-bond acceptors (Lipinski definition) is 4. The third-order valence-electron chi connectivity index (χ3n) is 4.00. The Balaban J connectivity index is 1.84. The lowest BCUT2D eigenvalue weighted by molar-refractivity contribution is -0.141. The maximum Gasteiger partial charge on any atom is 0.433 e. The van der Waals surface area contributed by atoms with Gasteiger partial charge in [-0.2, -0.15) is 18.3 Å². The van der Waals surface area contributed by atoms with E-state index in [-0.39, 0.29) is 11.4 Å². The van der Waals surface area contributed by atoms with Gasteiger partial charge in [-0.1, -0.05) is 6.07 Å². The van der Waals surface area contributed by atoms with Crippen molar-refractivity contribution in [2.45, 2.75) is 6.18 Å². The topological polar surface area (TPSA) is 102 Å².